The summed E-state index contributed by atoms with van der Waals surface area (Å²) in [6.45, 7) is 8.37. The van der Waals surface area contributed by atoms with E-state index in [1.54, 1.807) is 6.07 Å². The Balaban J connectivity index is 2.59. The number of hydrogen-bond acceptors (Lipinski definition) is 2. The van der Waals surface area contributed by atoms with Gasteiger partial charge in [0.1, 0.15) is 0 Å². The molecule has 0 heterocycles. The van der Waals surface area contributed by atoms with Crippen LogP contribution in [0.15, 0.2) is 22.7 Å². The maximum atomic E-state index is 12.0. The molecule has 0 aliphatic rings. The topological polar surface area (TPSA) is 49.3 Å². The van der Waals surface area contributed by atoms with Crippen molar-refractivity contribution >= 4 is 21.8 Å². The molecule has 0 aliphatic carbocycles. The summed E-state index contributed by atoms with van der Waals surface area (Å²) in [7, 11) is 0. The Morgan fingerprint density at radius 3 is 2.63 bits per heavy atom. The smallest absolute Gasteiger partial charge is 0.251 e. The van der Waals surface area contributed by atoms with Gasteiger partial charge in [0, 0.05) is 16.6 Å². The second-order valence-electron chi connectivity index (χ2n) is 6.04. The SMILES string of the molecule is Cc1c(Br)cccc1C(=O)NCC(O)CC(C)(C)C. The molecule has 0 saturated heterocycles. The van der Waals surface area contributed by atoms with Gasteiger partial charge in [-0.15, -0.1) is 0 Å². The van der Waals surface area contributed by atoms with Crippen molar-refractivity contribution in [1.29, 1.82) is 0 Å². The van der Waals surface area contributed by atoms with E-state index in [0.717, 1.165) is 10.0 Å². The van der Waals surface area contributed by atoms with Gasteiger partial charge in [-0.05, 0) is 36.5 Å². The maximum Gasteiger partial charge on any atom is 0.251 e. The van der Waals surface area contributed by atoms with Crippen LogP contribution in [0.2, 0.25) is 0 Å². The van der Waals surface area contributed by atoms with Crippen LogP contribution in [0.25, 0.3) is 0 Å². The third-order valence-corrected chi connectivity index (χ3v) is 3.72. The molecule has 0 aliphatic heterocycles. The number of carbonyl (C=O) groups is 1. The van der Waals surface area contributed by atoms with Crippen LogP contribution < -0.4 is 5.32 Å². The Hall–Kier alpha value is -0.870. The summed E-state index contributed by atoms with van der Waals surface area (Å²) in [5, 5.41) is 12.7. The lowest BCUT2D eigenvalue weighted by atomic mass is 9.89. The van der Waals surface area contributed by atoms with E-state index in [2.05, 4.69) is 42.0 Å². The first-order valence-electron chi connectivity index (χ1n) is 6.42. The molecule has 19 heavy (non-hydrogen) atoms. The van der Waals surface area contributed by atoms with Gasteiger partial charge in [-0.2, -0.15) is 0 Å². The number of benzene rings is 1. The van der Waals surface area contributed by atoms with Crippen LogP contribution in [-0.4, -0.2) is 23.7 Å². The Bertz CT molecular complexity index is 452. The summed E-state index contributed by atoms with van der Waals surface area (Å²) < 4.78 is 0.912. The monoisotopic (exact) mass is 327 g/mol. The molecule has 1 rings (SSSR count). The molecule has 0 spiro atoms. The summed E-state index contributed by atoms with van der Waals surface area (Å²) in [6.07, 6.45) is 0.140. The number of carbonyl (C=O) groups excluding carboxylic acids is 1. The molecule has 3 nitrogen and oxygen atoms in total. The molecular weight excluding hydrogens is 306 g/mol. The van der Waals surface area contributed by atoms with E-state index >= 15 is 0 Å². The fraction of sp³-hybridized carbons (Fsp3) is 0.533. The predicted molar refractivity (Wildman–Crippen MR) is 81.3 cm³/mol. The minimum Gasteiger partial charge on any atom is -0.391 e. The molecule has 0 fully saturated rings. The van der Waals surface area contributed by atoms with Crippen LogP contribution in [-0.2, 0) is 0 Å². The zero-order chi connectivity index (χ0) is 14.6. The molecule has 1 aromatic carbocycles. The molecule has 106 valence electrons. The maximum absolute atomic E-state index is 12.0. The van der Waals surface area contributed by atoms with Gasteiger partial charge in [0.25, 0.3) is 5.91 Å². The van der Waals surface area contributed by atoms with Crippen LogP contribution in [0.5, 0.6) is 0 Å². The highest BCUT2D eigenvalue weighted by Gasteiger charge is 2.18. The average Bonchev–Trinajstić information content (AvgIpc) is 2.27. The third kappa shape index (κ3) is 5.33. The zero-order valence-corrected chi connectivity index (χ0v) is 13.5. The second-order valence-corrected chi connectivity index (χ2v) is 6.90. The Morgan fingerprint density at radius 1 is 1.42 bits per heavy atom. The van der Waals surface area contributed by atoms with Crippen LogP contribution in [0.1, 0.15) is 43.1 Å². The van der Waals surface area contributed by atoms with Crippen LogP contribution in [0, 0.1) is 12.3 Å². The summed E-state index contributed by atoms with van der Waals surface area (Å²) >= 11 is 3.40. The summed E-state index contributed by atoms with van der Waals surface area (Å²) in [5.74, 6) is -0.147. The summed E-state index contributed by atoms with van der Waals surface area (Å²) in [5.41, 5.74) is 1.60. The Labute approximate surface area is 123 Å². The van der Waals surface area contributed by atoms with E-state index < -0.39 is 6.10 Å². The lowest BCUT2D eigenvalue weighted by Crippen LogP contribution is -2.34. The van der Waals surface area contributed by atoms with E-state index in [1.165, 1.54) is 0 Å². The highest BCUT2D eigenvalue weighted by Crippen LogP contribution is 2.21. The first kappa shape index (κ1) is 16.2. The van der Waals surface area contributed by atoms with Gasteiger partial charge < -0.3 is 10.4 Å². The standard InChI is InChI=1S/C15H22BrNO2/c1-10-12(6-5-7-13(10)16)14(19)17-9-11(18)8-15(2,3)4/h5-7,11,18H,8-9H2,1-4H3,(H,17,19). The number of hydrogen-bond donors (Lipinski definition) is 2. The normalized spacial score (nSPS) is 13.2. The van der Waals surface area contributed by atoms with Crippen molar-refractivity contribution in [3.05, 3.63) is 33.8 Å². The molecule has 1 atom stereocenters. The first-order chi connectivity index (χ1) is 8.70. The third-order valence-electron chi connectivity index (χ3n) is 2.86. The predicted octanol–water partition coefficient (Wildman–Crippen LogP) is 3.28. The minimum atomic E-state index is -0.517. The number of amides is 1. The van der Waals surface area contributed by atoms with Gasteiger partial charge in [-0.3, -0.25) is 4.79 Å². The molecule has 2 N–H and O–H groups in total. The number of halogens is 1. The van der Waals surface area contributed by atoms with Crippen molar-refractivity contribution in [2.24, 2.45) is 5.41 Å². The van der Waals surface area contributed by atoms with Gasteiger partial charge in [0.2, 0.25) is 0 Å². The molecular formula is C15H22BrNO2. The fourth-order valence-electron chi connectivity index (χ4n) is 1.94. The van der Waals surface area contributed by atoms with Crippen molar-refractivity contribution < 1.29 is 9.90 Å². The van der Waals surface area contributed by atoms with Crippen LogP contribution in [0.4, 0.5) is 0 Å². The van der Waals surface area contributed by atoms with Crippen molar-refractivity contribution in [3.63, 3.8) is 0 Å². The number of rotatable bonds is 4. The zero-order valence-electron chi connectivity index (χ0n) is 12.0. The van der Waals surface area contributed by atoms with E-state index in [0.29, 0.717) is 12.0 Å². The molecule has 1 aromatic rings. The van der Waals surface area contributed by atoms with Gasteiger partial charge in [-0.1, -0.05) is 42.8 Å². The first-order valence-corrected chi connectivity index (χ1v) is 7.21. The van der Waals surface area contributed by atoms with Crippen molar-refractivity contribution in [1.82, 2.24) is 5.32 Å². The molecule has 0 radical (unpaired) electrons. The van der Waals surface area contributed by atoms with Crippen LogP contribution >= 0.6 is 15.9 Å². The number of aliphatic hydroxyl groups excluding tert-OH is 1. The van der Waals surface area contributed by atoms with E-state index in [9.17, 15) is 9.90 Å². The molecule has 0 aromatic heterocycles. The summed E-state index contributed by atoms with van der Waals surface area (Å²) in [4.78, 5) is 12.0. The quantitative estimate of drug-likeness (QED) is 0.891. The van der Waals surface area contributed by atoms with Gasteiger partial charge in [0.05, 0.1) is 6.10 Å². The fourth-order valence-corrected chi connectivity index (χ4v) is 2.30. The van der Waals surface area contributed by atoms with E-state index in [-0.39, 0.29) is 17.9 Å². The largest absolute Gasteiger partial charge is 0.391 e. The lowest BCUT2D eigenvalue weighted by Gasteiger charge is -2.22. The van der Waals surface area contributed by atoms with Gasteiger partial charge >= 0.3 is 0 Å². The van der Waals surface area contributed by atoms with E-state index in [1.807, 2.05) is 19.1 Å². The highest BCUT2D eigenvalue weighted by molar-refractivity contribution is 9.10. The highest BCUT2D eigenvalue weighted by atomic mass is 79.9. The molecule has 1 amide bonds. The molecule has 1 unspecified atom stereocenters. The Kier molecular flexibility index (Phi) is 5.56. The lowest BCUT2D eigenvalue weighted by molar-refractivity contribution is 0.0868. The second kappa shape index (κ2) is 6.53. The van der Waals surface area contributed by atoms with Gasteiger partial charge in [0.15, 0.2) is 0 Å². The minimum absolute atomic E-state index is 0.0514. The summed E-state index contributed by atoms with van der Waals surface area (Å²) in [6, 6.07) is 5.52. The van der Waals surface area contributed by atoms with Crippen molar-refractivity contribution in [2.45, 2.75) is 40.2 Å². The van der Waals surface area contributed by atoms with Crippen molar-refractivity contribution in [3.8, 4) is 0 Å². The van der Waals surface area contributed by atoms with E-state index in [4.69, 9.17) is 0 Å². The van der Waals surface area contributed by atoms with Crippen LogP contribution in [0.3, 0.4) is 0 Å². The molecule has 4 heteroatoms. The van der Waals surface area contributed by atoms with Crippen molar-refractivity contribution in [2.75, 3.05) is 6.54 Å². The number of aliphatic hydroxyl groups is 1. The number of nitrogens with one attached hydrogen (secondary N) is 1. The Morgan fingerprint density at radius 2 is 2.05 bits per heavy atom. The average molecular weight is 328 g/mol. The molecule has 0 saturated carbocycles. The molecule has 0 bridgehead atoms. The van der Waals surface area contributed by atoms with Gasteiger partial charge in [-0.25, -0.2) is 0 Å².